The van der Waals surface area contributed by atoms with Crippen LogP contribution < -0.4 is 17.0 Å². The second-order valence-corrected chi connectivity index (χ2v) is 6.09. The second kappa shape index (κ2) is 7.44. The number of aliphatic hydroxyl groups is 2. The predicted octanol–water partition coefficient (Wildman–Crippen LogP) is -2.18. The van der Waals surface area contributed by atoms with Gasteiger partial charge in [-0.05, 0) is 5.92 Å². The van der Waals surface area contributed by atoms with Crippen molar-refractivity contribution in [1.29, 1.82) is 0 Å². The van der Waals surface area contributed by atoms with E-state index in [2.05, 4.69) is 0 Å². The smallest absolute Gasteiger partial charge is 0.330 e. The summed E-state index contributed by atoms with van der Waals surface area (Å²) < 4.78 is 24.2. The van der Waals surface area contributed by atoms with Gasteiger partial charge in [0.1, 0.15) is 31.0 Å². The number of nitrogens with two attached hydrogens (primary N) is 1. The minimum absolute atomic E-state index is 0.164. The van der Waals surface area contributed by atoms with Crippen molar-refractivity contribution >= 4 is 5.97 Å². The van der Waals surface area contributed by atoms with Gasteiger partial charge < -0.3 is 25.4 Å². The molecule has 1 aliphatic heterocycles. The molecule has 5 atom stereocenters. The number of H-pyrrole nitrogens is 1. The Labute approximate surface area is 141 Å². The van der Waals surface area contributed by atoms with Crippen LogP contribution in [-0.2, 0) is 14.3 Å². The number of carbonyl (C=O) groups is 1. The molecule has 0 spiro atoms. The maximum Gasteiger partial charge on any atom is 0.330 e. The molecular weight excluding hydrogens is 341 g/mol. The standard InChI is InChI=1S/C14H20FN3O7/c1-5(2)8(16)13(22)24-4-7-9(19)10(20)12(25-7)18-3-6(15)11(21)17-14(18)23/h3,5,7-10,12,19-20H,4,16H2,1-2H3,(H,17,21,23)/t7-,8?,9-,10-,12-/m1/s1. The van der Waals surface area contributed by atoms with Gasteiger partial charge in [0.25, 0.3) is 5.56 Å². The number of nitrogens with one attached hydrogen (secondary N) is 1. The van der Waals surface area contributed by atoms with Gasteiger partial charge in [-0.3, -0.25) is 19.1 Å². The Morgan fingerprint density at radius 3 is 2.68 bits per heavy atom. The summed E-state index contributed by atoms with van der Waals surface area (Å²) in [5.74, 6) is -2.14. The van der Waals surface area contributed by atoms with E-state index in [1.165, 1.54) is 0 Å². The molecule has 2 rings (SSSR count). The van der Waals surface area contributed by atoms with Gasteiger partial charge in [0.15, 0.2) is 6.23 Å². The predicted molar refractivity (Wildman–Crippen MR) is 81.0 cm³/mol. The largest absolute Gasteiger partial charge is 0.462 e. The molecular formula is C14H20FN3O7. The lowest BCUT2D eigenvalue weighted by Gasteiger charge is -2.18. The number of aromatic amines is 1. The van der Waals surface area contributed by atoms with E-state index in [0.717, 1.165) is 0 Å². The van der Waals surface area contributed by atoms with Crippen molar-refractivity contribution in [3.63, 3.8) is 0 Å². The van der Waals surface area contributed by atoms with E-state index < -0.39 is 60.2 Å². The van der Waals surface area contributed by atoms with Crippen molar-refractivity contribution in [3.05, 3.63) is 32.9 Å². The molecule has 5 N–H and O–H groups in total. The van der Waals surface area contributed by atoms with Crippen LogP contribution in [0.1, 0.15) is 20.1 Å². The van der Waals surface area contributed by atoms with E-state index in [4.69, 9.17) is 15.2 Å². The minimum atomic E-state index is -1.61. The van der Waals surface area contributed by atoms with Gasteiger partial charge in [0.05, 0.1) is 6.20 Å². The summed E-state index contributed by atoms with van der Waals surface area (Å²) in [6.07, 6.45) is -5.17. The molecule has 0 bridgehead atoms. The molecule has 0 amide bonds. The molecule has 0 radical (unpaired) electrons. The Morgan fingerprint density at radius 1 is 1.44 bits per heavy atom. The molecule has 25 heavy (non-hydrogen) atoms. The number of rotatable bonds is 5. The third-order valence-corrected chi connectivity index (χ3v) is 3.92. The Kier molecular flexibility index (Phi) is 5.72. The molecule has 10 nitrogen and oxygen atoms in total. The molecule has 11 heteroatoms. The fourth-order valence-corrected chi connectivity index (χ4v) is 2.28. The topological polar surface area (TPSA) is 157 Å². The number of aliphatic hydroxyl groups excluding tert-OH is 2. The zero-order chi connectivity index (χ0) is 18.9. The van der Waals surface area contributed by atoms with Crippen LogP contribution in [0.3, 0.4) is 0 Å². The maximum absolute atomic E-state index is 13.4. The lowest BCUT2D eigenvalue weighted by atomic mass is 10.1. The molecule has 1 aromatic rings. The highest BCUT2D eigenvalue weighted by Crippen LogP contribution is 2.28. The number of halogens is 1. The summed E-state index contributed by atoms with van der Waals surface area (Å²) in [6, 6.07) is -0.866. The summed E-state index contributed by atoms with van der Waals surface area (Å²) in [6.45, 7) is 3.03. The molecule has 1 aromatic heterocycles. The number of hydrogen-bond donors (Lipinski definition) is 4. The number of carbonyl (C=O) groups excluding carboxylic acids is 1. The fraction of sp³-hybridized carbons (Fsp3) is 0.643. The SMILES string of the molecule is CC(C)C(N)C(=O)OC[C@H]1O[C@@H](n2cc(F)c(=O)[nH]c2=O)[C@H](O)[C@@H]1O. The lowest BCUT2D eigenvalue weighted by molar-refractivity contribution is -0.152. The molecule has 1 unspecified atom stereocenters. The number of esters is 1. The van der Waals surface area contributed by atoms with E-state index in [9.17, 15) is 29.0 Å². The maximum atomic E-state index is 13.4. The Bertz CT molecular complexity index is 747. The average molecular weight is 361 g/mol. The highest BCUT2D eigenvalue weighted by Gasteiger charge is 2.45. The first-order valence-electron chi connectivity index (χ1n) is 7.58. The van der Waals surface area contributed by atoms with Gasteiger partial charge in [0, 0.05) is 0 Å². The van der Waals surface area contributed by atoms with E-state index in [1.54, 1.807) is 18.8 Å². The van der Waals surface area contributed by atoms with Gasteiger partial charge in [-0.15, -0.1) is 0 Å². The summed E-state index contributed by atoms with van der Waals surface area (Å²) >= 11 is 0. The number of aromatic nitrogens is 2. The fourth-order valence-electron chi connectivity index (χ4n) is 2.28. The first kappa shape index (κ1) is 19.2. The van der Waals surface area contributed by atoms with Crippen molar-refractivity contribution in [2.45, 2.75) is 44.4 Å². The number of hydrogen-bond acceptors (Lipinski definition) is 8. The highest BCUT2D eigenvalue weighted by atomic mass is 19.1. The lowest BCUT2D eigenvalue weighted by Crippen LogP contribution is -2.40. The molecule has 0 aromatic carbocycles. The van der Waals surface area contributed by atoms with E-state index in [0.29, 0.717) is 10.8 Å². The first-order chi connectivity index (χ1) is 11.6. The number of nitrogens with zero attached hydrogens (tertiary/aromatic N) is 1. The molecule has 140 valence electrons. The summed E-state index contributed by atoms with van der Waals surface area (Å²) in [4.78, 5) is 36.2. The minimum Gasteiger partial charge on any atom is -0.462 e. The van der Waals surface area contributed by atoms with Gasteiger partial charge in [-0.1, -0.05) is 13.8 Å². The van der Waals surface area contributed by atoms with Gasteiger partial charge in [-0.2, -0.15) is 4.39 Å². The first-order valence-corrected chi connectivity index (χ1v) is 7.58. The molecule has 0 aliphatic carbocycles. The summed E-state index contributed by atoms with van der Waals surface area (Å²) in [7, 11) is 0. The molecule has 2 heterocycles. The average Bonchev–Trinajstić information content (AvgIpc) is 2.83. The van der Waals surface area contributed by atoms with E-state index in [1.807, 2.05) is 0 Å². The zero-order valence-corrected chi connectivity index (χ0v) is 13.6. The normalized spacial score (nSPS) is 27.5. The van der Waals surface area contributed by atoms with Crippen LogP contribution in [0.25, 0.3) is 0 Å². The van der Waals surface area contributed by atoms with Crippen LogP contribution in [0, 0.1) is 11.7 Å². The van der Waals surface area contributed by atoms with Crippen molar-refractivity contribution in [2.75, 3.05) is 6.61 Å². The van der Waals surface area contributed by atoms with Crippen LogP contribution in [0.4, 0.5) is 4.39 Å². The number of ether oxygens (including phenoxy) is 2. The van der Waals surface area contributed by atoms with Crippen molar-refractivity contribution in [2.24, 2.45) is 11.7 Å². The van der Waals surface area contributed by atoms with Crippen LogP contribution in [0.15, 0.2) is 15.8 Å². The van der Waals surface area contributed by atoms with Crippen LogP contribution in [0.5, 0.6) is 0 Å². The van der Waals surface area contributed by atoms with Gasteiger partial charge >= 0.3 is 11.7 Å². The molecule has 1 aliphatic rings. The third-order valence-electron chi connectivity index (χ3n) is 3.92. The zero-order valence-electron chi connectivity index (χ0n) is 13.6. The summed E-state index contributed by atoms with van der Waals surface area (Å²) in [5.41, 5.74) is 3.38. The molecule has 0 saturated carbocycles. The van der Waals surface area contributed by atoms with Crippen LogP contribution in [-0.4, -0.2) is 56.7 Å². The monoisotopic (exact) mass is 361 g/mol. The third kappa shape index (κ3) is 3.95. The quantitative estimate of drug-likeness (QED) is 0.431. The van der Waals surface area contributed by atoms with Gasteiger partial charge in [-0.25, -0.2) is 4.79 Å². The Morgan fingerprint density at radius 2 is 2.08 bits per heavy atom. The second-order valence-electron chi connectivity index (χ2n) is 6.09. The van der Waals surface area contributed by atoms with E-state index in [-0.39, 0.29) is 5.92 Å². The van der Waals surface area contributed by atoms with Gasteiger partial charge in [0.2, 0.25) is 5.82 Å². The Balaban J connectivity index is 2.11. The summed E-state index contributed by atoms with van der Waals surface area (Å²) in [5, 5.41) is 20.0. The van der Waals surface area contributed by atoms with Crippen molar-refractivity contribution < 1.29 is 28.9 Å². The molecule has 1 fully saturated rings. The van der Waals surface area contributed by atoms with Crippen LogP contribution in [0.2, 0.25) is 0 Å². The Hall–Kier alpha value is -2.08. The van der Waals surface area contributed by atoms with Crippen molar-refractivity contribution in [3.8, 4) is 0 Å². The molecule has 1 saturated heterocycles. The van der Waals surface area contributed by atoms with Crippen LogP contribution >= 0.6 is 0 Å². The highest BCUT2D eigenvalue weighted by molar-refractivity contribution is 5.75. The van der Waals surface area contributed by atoms with Crippen molar-refractivity contribution in [1.82, 2.24) is 9.55 Å². The van der Waals surface area contributed by atoms with E-state index >= 15 is 0 Å².